The molecule has 3 rings (SSSR count). The second-order valence-electron chi connectivity index (χ2n) is 7.07. The van der Waals surface area contributed by atoms with Crippen LogP contribution in [-0.2, 0) is 24.2 Å². The highest BCUT2D eigenvalue weighted by Crippen LogP contribution is 2.29. The molecule has 184 valence electrons. The zero-order valence-corrected chi connectivity index (χ0v) is 18.9. The average molecular weight is 486 g/mol. The predicted molar refractivity (Wildman–Crippen MR) is 125 cm³/mol. The third-order valence-electron chi connectivity index (χ3n) is 4.44. The Bertz CT molecular complexity index is 1100. The van der Waals surface area contributed by atoms with Gasteiger partial charge in [0.2, 0.25) is 5.88 Å². The fourth-order valence-corrected chi connectivity index (χ4v) is 2.51. The summed E-state index contributed by atoms with van der Waals surface area (Å²) in [7, 11) is 0. The Balaban J connectivity index is 0.000000456. The van der Waals surface area contributed by atoms with Crippen LogP contribution in [0.25, 0.3) is 0 Å². The lowest BCUT2D eigenvalue weighted by molar-refractivity contribution is -0.137. The number of amidine groups is 1. The first kappa shape index (κ1) is 27.1. The molecule has 0 spiro atoms. The van der Waals surface area contributed by atoms with Gasteiger partial charge in [-0.15, -0.1) is 5.11 Å². The molecule has 35 heavy (non-hydrogen) atoms. The molecule has 0 amide bonds. The molecule has 8 nitrogen and oxygen atoms in total. The van der Waals surface area contributed by atoms with E-state index in [1.165, 1.54) is 23.9 Å². The zero-order chi connectivity index (χ0) is 25.7. The predicted octanol–water partition coefficient (Wildman–Crippen LogP) is 5.57. The van der Waals surface area contributed by atoms with Gasteiger partial charge >= 0.3 is 6.18 Å². The summed E-state index contributed by atoms with van der Waals surface area (Å²) in [6, 6.07) is 17.9. The molecule has 2 aromatic carbocycles. The normalized spacial score (nSPS) is 11.2. The first-order chi connectivity index (χ1) is 16.7. The lowest BCUT2D eigenvalue weighted by Gasteiger charge is -2.07. The minimum Gasteiger partial charge on any atom is -0.469 e. The maximum atomic E-state index is 12.5. The number of benzene rings is 2. The zero-order valence-electron chi connectivity index (χ0n) is 18.9. The van der Waals surface area contributed by atoms with Crippen LogP contribution < -0.4 is 10.5 Å². The van der Waals surface area contributed by atoms with E-state index in [-0.39, 0.29) is 24.9 Å². The molecule has 0 atom stereocenters. The highest BCUT2D eigenvalue weighted by atomic mass is 19.4. The van der Waals surface area contributed by atoms with E-state index in [2.05, 4.69) is 15.3 Å². The third-order valence-corrected chi connectivity index (χ3v) is 4.44. The van der Waals surface area contributed by atoms with Crippen LogP contribution >= 0.6 is 0 Å². The molecule has 0 saturated heterocycles. The number of aromatic nitrogens is 1. The molecule has 1 aromatic heterocycles. The van der Waals surface area contributed by atoms with Gasteiger partial charge in [0.1, 0.15) is 6.61 Å². The monoisotopic (exact) mass is 486 g/mol. The van der Waals surface area contributed by atoms with Crippen LogP contribution in [-0.4, -0.2) is 23.1 Å². The number of halogens is 3. The summed E-state index contributed by atoms with van der Waals surface area (Å²) in [6.45, 7) is 2.21. The quantitative estimate of drug-likeness (QED) is 0.166. The smallest absolute Gasteiger partial charge is 0.416 e. The van der Waals surface area contributed by atoms with E-state index < -0.39 is 11.7 Å². The van der Waals surface area contributed by atoms with E-state index in [1.54, 1.807) is 19.1 Å². The van der Waals surface area contributed by atoms with Crippen molar-refractivity contribution in [3.63, 3.8) is 0 Å². The minimum atomic E-state index is -4.37. The van der Waals surface area contributed by atoms with Gasteiger partial charge in [-0.25, -0.2) is 10.5 Å². The number of hydrogen-bond donors (Lipinski definition) is 3. The van der Waals surface area contributed by atoms with Gasteiger partial charge < -0.3 is 15.3 Å². The van der Waals surface area contributed by atoms with Crippen molar-refractivity contribution in [2.75, 3.05) is 6.61 Å². The number of pyridine rings is 1. The summed E-state index contributed by atoms with van der Waals surface area (Å²) < 4.78 is 42.7. The van der Waals surface area contributed by atoms with E-state index in [0.717, 1.165) is 12.1 Å². The van der Waals surface area contributed by atoms with Crippen molar-refractivity contribution in [2.45, 2.75) is 26.3 Å². The molecule has 0 fully saturated rings. The molecule has 0 saturated carbocycles. The summed E-state index contributed by atoms with van der Waals surface area (Å²) in [5.74, 6) is 0.0425. The molecule has 0 aliphatic rings. The summed E-state index contributed by atoms with van der Waals surface area (Å²) >= 11 is 0. The number of nitrogens with two attached hydrogens (primary N) is 1. The number of ether oxygens (including phenoxy) is 1. The second-order valence-corrected chi connectivity index (χ2v) is 7.07. The Morgan fingerprint density at radius 2 is 1.69 bits per heavy atom. The maximum Gasteiger partial charge on any atom is 0.416 e. The van der Waals surface area contributed by atoms with Crippen LogP contribution in [0.4, 0.5) is 13.2 Å². The molecule has 0 aliphatic heterocycles. The summed E-state index contributed by atoms with van der Waals surface area (Å²) in [6.07, 6.45) is -2.87. The van der Waals surface area contributed by atoms with E-state index in [9.17, 15) is 13.2 Å². The SMILES string of the molecule is C/C(=N\OCc1ccc(C(F)(F)F)cc1)c1ccc(OCC(=N)N=N)nc1.NCc1ccccc1. The third kappa shape index (κ3) is 9.72. The van der Waals surface area contributed by atoms with E-state index in [4.69, 9.17) is 26.2 Å². The van der Waals surface area contributed by atoms with Gasteiger partial charge in [-0.1, -0.05) is 47.6 Å². The highest BCUT2D eigenvalue weighted by molar-refractivity contribution is 5.98. The van der Waals surface area contributed by atoms with Crippen molar-refractivity contribution < 1.29 is 22.7 Å². The first-order valence-corrected chi connectivity index (χ1v) is 10.3. The molecular formula is C24H25F3N6O2. The fourth-order valence-electron chi connectivity index (χ4n) is 2.51. The Morgan fingerprint density at radius 3 is 2.20 bits per heavy atom. The molecule has 0 unspecified atom stereocenters. The van der Waals surface area contributed by atoms with Crippen molar-refractivity contribution in [3.05, 3.63) is 95.2 Å². The Hall–Kier alpha value is -4.12. The lowest BCUT2D eigenvalue weighted by Crippen LogP contribution is -2.08. The number of nitrogens with zero attached hydrogens (tertiary/aromatic N) is 3. The lowest BCUT2D eigenvalue weighted by atomic mass is 10.1. The van der Waals surface area contributed by atoms with Crippen molar-refractivity contribution in [3.8, 4) is 5.88 Å². The van der Waals surface area contributed by atoms with Crippen LogP contribution in [0.2, 0.25) is 0 Å². The number of hydrogen-bond acceptors (Lipinski definition) is 7. The number of nitrogens with one attached hydrogen (secondary N) is 2. The largest absolute Gasteiger partial charge is 0.469 e. The average Bonchev–Trinajstić information content (AvgIpc) is 2.88. The van der Waals surface area contributed by atoms with Crippen LogP contribution in [0, 0.1) is 10.9 Å². The Kier molecular flexibility index (Phi) is 10.5. The van der Waals surface area contributed by atoms with Crippen LogP contribution in [0.5, 0.6) is 5.88 Å². The second kappa shape index (κ2) is 13.6. The Labute approximate surface area is 200 Å². The first-order valence-electron chi connectivity index (χ1n) is 10.3. The molecular weight excluding hydrogens is 461 g/mol. The number of rotatable bonds is 8. The summed E-state index contributed by atoms with van der Waals surface area (Å²) in [5, 5.41) is 14.0. The highest BCUT2D eigenvalue weighted by Gasteiger charge is 2.29. The molecule has 11 heteroatoms. The van der Waals surface area contributed by atoms with Gasteiger partial charge in [-0.2, -0.15) is 13.2 Å². The molecule has 0 aliphatic carbocycles. The molecule has 4 N–H and O–H groups in total. The Morgan fingerprint density at radius 1 is 1.00 bits per heavy atom. The maximum absolute atomic E-state index is 12.5. The van der Waals surface area contributed by atoms with E-state index in [0.29, 0.717) is 23.4 Å². The van der Waals surface area contributed by atoms with Crippen molar-refractivity contribution in [1.29, 1.82) is 10.9 Å². The van der Waals surface area contributed by atoms with Gasteiger partial charge in [0, 0.05) is 24.4 Å². The van der Waals surface area contributed by atoms with E-state index in [1.807, 2.05) is 30.3 Å². The fraction of sp³-hybridized carbons (Fsp3) is 0.208. The summed E-state index contributed by atoms with van der Waals surface area (Å²) in [4.78, 5) is 9.21. The van der Waals surface area contributed by atoms with Gasteiger partial charge in [-0.3, -0.25) is 5.41 Å². The van der Waals surface area contributed by atoms with Crippen molar-refractivity contribution >= 4 is 11.5 Å². The van der Waals surface area contributed by atoms with Crippen molar-refractivity contribution in [2.24, 2.45) is 16.0 Å². The molecule has 0 radical (unpaired) electrons. The topological polar surface area (TPSA) is 130 Å². The van der Waals surface area contributed by atoms with Gasteiger partial charge in [0.05, 0.1) is 11.3 Å². The minimum absolute atomic E-state index is 0.0306. The molecule has 0 bridgehead atoms. The molecule has 3 aromatic rings. The van der Waals surface area contributed by atoms with Crippen LogP contribution in [0.1, 0.15) is 29.2 Å². The van der Waals surface area contributed by atoms with Crippen LogP contribution in [0.3, 0.4) is 0 Å². The number of alkyl halides is 3. The standard InChI is InChI=1S/C17H16F3N5O2.C7H9N/c1-11(13-4-7-16(23-8-13)26-10-15(21)24-22)25-27-9-12-2-5-14(6-3-12)17(18,19)20;8-6-7-4-2-1-3-5-7/h2-8,21-22H,9-10H2,1H3;1-5H,6,8H2/b21-15?,24-22?,25-11+;. The number of oxime groups is 1. The van der Waals surface area contributed by atoms with Crippen LogP contribution in [0.15, 0.2) is 83.2 Å². The summed E-state index contributed by atoms with van der Waals surface area (Å²) in [5.41, 5.74) is 14.2. The van der Waals surface area contributed by atoms with E-state index >= 15 is 0 Å². The van der Waals surface area contributed by atoms with Gasteiger partial charge in [-0.05, 0) is 36.2 Å². The van der Waals surface area contributed by atoms with Gasteiger partial charge in [0.15, 0.2) is 12.4 Å². The molecule has 1 heterocycles. The van der Waals surface area contributed by atoms with Crippen molar-refractivity contribution in [1.82, 2.24) is 4.98 Å². The van der Waals surface area contributed by atoms with Gasteiger partial charge in [0.25, 0.3) is 0 Å².